The van der Waals surface area contributed by atoms with Crippen LogP contribution in [-0.4, -0.2) is 42.4 Å². The third-order valence-corrected chi connectivity index (χ3v) is 3.72. The van der Waals surface area contributed by atoms with Crippen LogP contribution in [0.25, 0.3) is 0 Å². The van der Waals surface area contributed by atoms with E-state index in [2.05, 4.69) is 18.7 Å². The van der Waals surface area contributed by atoms with E-state index in [0.29, 0.717) is 17.5 Å². The Balaban J connectivity index is 2.10. The summed E-state index contributed by atoms with van der Waals surface area (Å²) in [6, 6.07) is 5.92. The summed E-state index contributed by atoms with van der Waals surface area (Å²) in [6.45, 7) is 6.69. The molecule has 4 heteroatoms. The zero-order valence-corrected chi connectivity index (χ0v) is 11.9. The third kappa shape index (κ3) is 3.39. The van der Waals surface area contributed by atoms with Crippen LogP contribution in [0.2, 0.25) is 0 Å². The maximum Gasteiger partial charge on any atom is 0.123 e. The molecule has 4 nitrogen and oxygen atoms in total. The van der Waals surface area contributed by atoms with Gasteiger partial charge < -0.3 is 14.6 Å². The molecule has 0 aromatic heterocycles. The number of morpholine rings is 1. The van der Waals surface area contributed by atoms with Gasteiger partial charge in [-0.25, -0.2) is 0 Å². The molecule has 0 radical (unpaired) electrons. The summed E-state index contributed by atoms with van der Waals surface area (Å²) < 4.78 is 10.8. The Labute approximate surface area is 114 Å². The van der Waals surface area contributed by atoms with Crippen LogP contribution in [-0.2, 0) is 11.3 Å². The molecule has 1 N–H and O–H groups in total. The number of phenolic OH excluding ortho intramolecular Hbond substituents is 1. The van der Waals surface area contributed by atoms with Crippen LogP contribution < -0.4 is 4.74 Å². The highest BCUT2D eigenvalue weighted by Gasteiger charge is 2.26. The summed E-state index contributed by atoms with van der Waals surface area (Å²) in [5.74, 6) is 0.983. The number of benzene rings is 1. The van der Waals surface area contributed by atoms with E-state index >= 15 is 0 Å². The van der Waals surface area contributed by atoms with Gasteiger partial charge in [0.05, 0.1) is 19.8 Å². The summed E-state index contributed by atoms with van der Waals surface area (Å²) in [5, 5.41) is 10.0. The molecule has 0 saturated carbocycles. The molecule has 1 heterocycles. The Morgan fingerprint density at radius 3 is 2.89 bits per heavy atom. The first kappa shape index (κ1) is 14.2. The van der Waals surface area contributed by atoms with E-state index in [1.54, 1.807) is 13.2 Å². The lowest BCUT2D eigenvalue weighted by Crippen LogP contribution is -2.47. The summed E-state index contributed by atoms with van der Waals surface area (Å²) in [5.41, 5.74) is 0.938. The van der Waals surface area contributed by atoms with Crippen LogP contribution >= 0.6 is 0 Å². The molecular formula is C15H23NO3. The van der Waals surface area contributed by atoms with Gasteiger partial charge in [-0.15, -0.1) is 0 Å². The number of phenols is 1. The van der Waals surface area contributed by atoms with Gasteiger partial charge in [-0.3, -0.25) is 4.90 Å². The lowest BCUT2D eigenvalue weighted by atomic mass is 10.1. The standard InChI is InChI=1S/C15H23NO3/c1-4-13-10-19-11(2)8-16(13)9-12-5-6-14(18-3)7-15(12)17/h5-7,11,13,17H,4,8-10H2,1-3H3. The number of methoxy groups -OCH3 is 1. The van der Waals surface area contributed by atoms with Crippen molar-refractivity contribution < 1.29 is 14.6 Å². The topological polar surface area (TPSA) is 41.9 Å². The van der Waals surface area contributed by atoms with Crippen LogP contribution in [0.5, 0.6) is 11.5 Å². The number of hydrogen-bond acceptors (Lipinski definition) is 4. The van der Waals surface area contributed by atoms with Crippen molar-refractivity contribution in [1.82, 2.24) is 4.90 Å². The first-order valence-electron chi connectivity index (χ1n) is 6.85. The zero-order chi connectivity index (χ0) is 13.8. The molecule has 0 spiro atoms. The smallest absolute Gasteiger partial charge is 0.123 e. The van der Waals surface area contributed by atoms with E-state index < -0.39 is 0 Å². The summed E-state index contributed by atoms with van der Waals surface area (Å²) in [7, 11) is 1.60. The Kier molecular flexibility index (Phi) is 4.66. The lowest BCUT2D eigenvalue weighted by Gasteiger charge is -2.38. The van der Waals surface area contributed by atoms with Gasteiger partial charge in [0.15, 0.2) is 0 Å². The quantitative estimate of drug-likeness (QED) is 0.907. The van der Waals surface area contributed by atoms with Crippen molar-refractivity contribution in [3.8, 4) is 11.5 Å². The molecule has 0 bridgehead atoms. The average Bonchev–Trinajstić information content (AvgIpc) is 2.41. The second-order valence-electron chi connectivity index (χ2n) is 5.13. The molecule has 1 aliphatic rings. The van der Waals surface area contributed by atoms with Gasteiger partial charge >= 0.3 is 0 Å². The Bertz CT molecular complexity index is 422. The Morgan fingerprint density at radius 2 is 2.26 bits per heavy atom. The van der Waals surface area contributed by atoms with Crippen LogP contribution in [0, 0.1) is 0 Å². The number of ether oxygens (including phenoxy) is 2. The summed E-state index contributed by atoms with van der Waals surface area (Å²) >= 11 is 0. The van der Waals surface area contributed by atoms with Crippen molar-refractivity contribution in [2.45, 2.75) is 39.0 Å². The molecule has 1 aromatic carbocycles. The van der Waals surface area contributed by atoms with Gasteiger partial charge in [-0.1, -0.05) is 13.0 Å². The van der Waals surface area contributed by atoms with Gasteiger partial charge in [-0.2, -0.15) is 0 Å². The summed E-state index contributed by atoms with van der Waals surface area (Å²) in [4.78, 5) is 2.38. The fraction of sp³-hybridized carbons (Fsp3) is 0.600. The molecule has 0 amide bonds. The molecule has 106 valence electrons. The van der Waals surface area contributed by atoms with Crippen molar-refractivity contribution >= 4 is 0 Å². The predicted octanol–water partition coefficient (Wildman–Crippen LogP) is 2.40. The first-order chi connectivity index (χ1) is 9.13. The lowest BCUT2D eigenvalue weighted by molar-refractivity contribution is -0.0593. The highest BCUT2D eigenvalue weighted by molar-refractivity contribution is 5.39. The van der Waals surface area contributed by atoms with Gasteiger partial charge in [0, 0.05) is 30.8 Å². The number of hydrogen-bond donors (Lipinski definition) is 1. The van der Waals surface area contributed by atoms with Crippen LogP contribution in [0.1, 0.15) is 25.8 Å². The largest absolute Gasteiger partial charge is 0.507 e. The van der Waals surface area contributed by atoms with Crippen molar-refractivity contribution in [1.29, 1.82) is 0 Å². The maximum atomic E-state index is 10.0. The highest BCUT2D eigenvalue weighted by atomic mass is 16.5. The van der Waals surface area contributed by atoms with E-state index in [1.165, 1.54) is 0 Å². The molecule has 0 aliphatic carbocycles. The van der Waals surface area contributed by atoms with E-state index in [-0.39, 0.29) is 6.10 Å². The van der Waals surface area contributed by atoms with Gasteiger partial charge in [0.1, 0.15) is 11.5 Å². The molecule has 2 unspecified atom stereocenters. The molecule has 1 saturated heterocycles. The number of nitrogens with zero attached hydrogens (tertiary/aromatic N) is 1. The summed E-state index contributed by atoms with van der Waals surface area (Å²) in [6.07, 6.45) is 1.31. The zero-order valence-electron chi connectivity index (χ0n) is 11.9. The minimum atomic E-state index is 0.253. The molecule has 1 fully saturated rings. The van der Waals surface area contributed by atoms with Crippen molar-refractivity contribution in [3.05, 3.63) is 23.8 Å². The van der Waals surface area contributed by atoms with Crippen LogP contribution in [0.15, 0.2) is 18.2 Å². The highest BCUT2D eigenvalue weighted by Crippen LogP contribution is 2.26. The monoisotopic (exact) mass is 265 g/mol. The minimum absolute atomic E-state index is 0.253. The van der Waals surface area contributed by atoms with E-state index in [0.717, 1.165) is 31.7 Å². The van der Waals surface area contributed by atoms with Crippen molar-refractivity contribution in [3.63, 3.8) is 0 Å². The fourth-order valence-corrected chi connectivity index (χ4v) is 2.51. The van der Waals surface area contributed by atoms with E-state index in [9.17, 15) is 5.11 Å². The first-order valence-corrected chi connectivity index (χ1v) is 6.85. The normalized spacial score (nSPS) is 24.4. The third-order valence-electron chi connectivity index (χ3n) is 3.72. The number of rotatable bonds is 4. The van der Waals surface area contributed by atoms with Crippen LogP contribution in [0.3, 0.4) is 0 Å². The molecule has 1 aliphatic heterocycles. The SMILES string of the molecule is CCC1COC(C)CN1Cc1ccc(OC)cc1O. The van der Waals surface area contributed by atoms with Gasteiger partial charge in [0.25, 0.3) is 0 Å². The van der Waals surface area contributed by atoms with E-state index in [1.807, 2.05) is 12.1 Å². The van der Waals surface area contributed by atoms with Crippen molar-refractivity contribution in [2.24, 2.45) is 0 Å². The molecule has 2 atom stereocenters. The fourth-order valence-electron chi connectivity index (χ4n) is 2.51. The second-order valence-corrected chi connectivity index (χ2v) is 5.13. The number of aromatic hydroxyl groups is 1. The van der Waals surface area contributed by atoms with Crippen LogP contribution in [0.4, 0.5) is 0 Å². The van der Waals surface area contributed by atoms with Gasteiger partial charge in [-0.05, 0) is 19.4 Å². The average molecular weight is 265 g/mol. The molecule has 1 aromatic rings. The van der Waals surface area contributed by atoms with E-state index in [4.69, 9.17) is 9.47 Å². The van der Waals surface area contributed by atoms with Gasteiger partial charge in [0.2, 0.25) is 0 Å². The minimum Gasteiger partial charge on any atom is -0.507 e. The van der Waals surface area contributed by atoms with Crippen molar-refractivity contribution in [2.75, 3.05) is 20.3 Å². The maximum absolute atomic E-state index is 10.0. The molecular weight excluding hydrogens is 242 g/mol. The Hall–Kier alpha value is -1.26. The molecule has 19 heavy (non-hydrogen) atoms. The second kappa shape index (κ2) is 6.26. The predicted molar refractivity (Wildman–Crippen MR) is 74.6 cm³/mol. The molecule has 2 rings (SSSR count). The Morgan fingerprint density at radius 1 is 1.47 bits per heavy atom.